The number of hydrogen-bond donors (Lipinski definition) is 3. The molecule has 2 atom stereocenters. The van der Waals surface area contributed by atoms with E-state index >= 15 is 0 Å². The lowest BCUT2D eigenvalue weighted by molar-refractivity contribution is 0.0185. The molecule has 1 aliphatic rings. The Kier molecular flexibility index (Phi) is 6.48. The molecule has 32 heavy (non-hydrogen) atoms. The molecule has 5 nitrogen and oxygen atoms in total. The summed E-state index contributed by atoms with van der Waals surface area (Å²) in [6.45, 7) is -0.123. The number of alkyl carbamates (subject to hydrolysis) is 1. The van der Waals surface area contributed by atoms with Gasteiger partial charge in [-0.3, -0.25) is 0 Å². The van der Waals surface area contributed by atoms with Crippen LogP contribution >= 0.6 is 0 Å². The van der Waals surface area contributed by atoms with Gasteiger partial charge >= 0.3 is 6.09 Å². The molecule has 4 rings (SSSR count). The van der Waals surface area contributed by atoms with E-state index in [1.807, 2.05) is 48.5 Å². The lowest BCUT2D eigenvalue weighted by Crippen LogP contribution is -2.36. The molecule has 1 amide bonds. The molecular formula is C25H23F2NO4. The molecule has 0 aromatic heterocycles. The van der Waals surface area contributed by atoms with Gasteiger partial charge in [-0.05, 0) is 27.8 Å². The van der Waals surface area contributed by atoms with Crippen LogP contribution in [0.4, 0.5) is 13.6 Å². The van der Waals surface area contributed by atoms with Crippen molar-refractivity contribution in [3.05, 3.63) is 95.1 Å². The number of nitrogens with one attached hydrogen (secondary N) is 1. The zero-order valence-corrected chi connectivity index (χ0v) is 17.1. The van der Waals surface area contributed by atoms with Gasteiger partial charge in [0, 0.05) is 18.0 Å². The molecule has 0 bridgehead atoms. The molecule has 7 heteroatoms. The summed E-state index contributed by atoms with van der Waals surface area (Å²) in [5.41, 5.74) is 4.51. The quantitative estimate of drug-likeness (QED) is 0.504. The number of halogens is 2. The highest BCUT2D eigenvalue weighted by atomic mass is 19.3. The largest absolute Gasteiger partial charge is 0.449 e. The molecule has 0 fully saturated rings. The average molecular weight is 439 g/mol. The first-order chi connectivity index (χ1) is 15.5. The minimum absolute atomic E-state index is 0.0861. The SMILES string of the molecule is O=C(NCC(O)C(O)c1ccc(C(F)F)cc1)OCC1c2ccccc2-c2ccccc21. The Balaban J connectivity index is 1.32. The standard InChI is InChI=1S/C25H23F2NO4/c26-24(27)16-11-9-15(10-12-16)23(30)22(29)13-28-25(31)32-14-21-19-7-3-1-5-17(19)18-6-2-4-8-20(18)21/h1-12,21-24,29-30H,13-14H2,(H,28,31). The smallest absolute Gasteiger partial charge is 0.407 e. The van der Waals surface area contributed by atoms with Gasteiger partial charge in [0.15, 0.2) is 0 Å². The molecule has 0 saturated carbocycles. The van der Waals surface area contributed by atoms with Crippen molar-refractivity contribution in [3.63, 3.8) is 0 Å². The van der Waals surface area contributed by atoms with E-state index in [0.29, 0.717) is 0 Å². The van der Waals surface area contributed by atoms with Crippen LogP contribution in [0.2, 0.25) is 0 Å². The van der Waals surface area contributed by atoms with Crippen molar-refractivity contribution in [2.24, 2.45) is 0 Å². The molecule has 0 aliphatic heterocycles. The molecule has 3 aromatic rings. The van der Waals surface area contributed by atoms with Crippen molar-refractivity contribution in [2.75, 3.05) is 13.2 Å². The first-order valence-corrected chi connectivity index (χ1v) is 10.3. The molecule has 0 heterocycles. The number of aliphatic hydroxyl groups excluding tert-OH is 2. The molecule has 1 aliphatic carbocycles. The van der Waals surface area contributed by atoms with Gasteiger partial charge in [-0.1, -0.05) is 72.8 Å². The van der Waals surface area contributed by atoms with E-state index in [9.17, 15) is 23.8 Å². The van der Waals surface area contributed by atoms with Crippen molar-refractivity contribution in [1.82, 2.24) is 5.32 Å². The van der Waals surface area contributed by atoms with Gasteiger partial charge in [0.2, 0.25) is 0 Å². The van der Waals surface area contributed by atoms with E-state index in [4.69, 9.17) is 4.74 Å². The fraction of sp³-hybridized carbons (Fsp3) is 0.240. The van der Waals surface area contributed by atoms with E-state index in [0.717, 1.165) is 22.3 Å². The maximum absolute atomic E-state index is 12.6. The maximum atomic E-state index is 12.6. The van der Waals surface area contributed by atoms with E-state index in [-0.39, 0.29) is 30.2 Å². The molecule has 3 aromatic carbocycles. The highest BCUT2D eigenvalue weighted by Gasteiger charge is 2.29. The average Bonchev–Trinajstić information content (AvgIpc) is 3.14. The monoisotopic (exact) mass is 439 g/mol. The second kappa shape index (κ2) is 9.46. The van der Waals surface area contributed by atoms with Crippen molar-refractivity contribution < 1.29 is 28.5 Å². The fourth-order valence-corrected chi connectivity index (χ4v) is 4.01. The Morgan fingerprint density at radius 2 is 1.41 bits per heavy atom. The summed E-state index contributed by atoms with van der Waals surface area (Å²) >= 11 is 0. The number of hydrogen-bond acceptors (Lipinski definition) is 4. The normalized spacial score (nSPS) is 14.5. The summed E-state index contributed by atoms with van der Waals surface area (Å²) in [6.07, 6.45) is -5.99. The number of aliphatic hydroxyl groups is 2. The Bertz CT molecular complexity index is 1040. The predicted molar refractivity (Wildman–Crippen MR) is 115 cm³/mol. The van der Waals surface area contributed by atoms with Gasteiger partial charge in [0.1, 0.15) is 18.8 Å². The number of carbonyl (C=O) groups is 1. The second-order valence-electron chi connectivity index (χ2n) is 7.69. The Labute approximate surface area is 184 Å². The highest BCUT2D eigenvalue weighted by Crippen LogP contribution is 2.44. The summed E-state index contributed by atoms with van der Waals surface area (Å²) in [5.74, 6) is -0.0861. The zero-order valence-electron chi connectivity index (χ0n) is 17.1. The summed E-state index contributed by atoms with van der Waals surface area (Å²) in [5, 5.41) is 22.8. The van der Waals surface area contributed by atoms with Crippen LogP contribution in [0, 0.1) is 0 Å². The minimum Gasteiger partial charge on any atom is -0.449 e. The number of benzene rings is 3. The number of carbonyl (C=O) groups excluding carboxylic acids is 1. The van der Waals surface area contributed by atoms with Crippen molar-refractivity contribution >= 4 is 6.09 Å². The molecule has 166 valence electrons. The van der Waals surface area contributed by atoms with E-state index in [1.54, 1.807) is 0 Å². The number of amides is 1. The Morgan fingerprint density at radius 1 is 0.875 bits per heavy atom. The van der Waals surface area contributed by atoms with Crippen LogP contribution < -0.4 is 5.32 Å². The van der Waals surface area contributed by atoms with Gasteiger partial charge in [0.25, 0.3) is 6.43 Å². The van der Waals surface area contributed by atoms with Gasteiger partial charge in [-0.25, -0.2) is 13.6 Å². The summed E-state index contributed by atoms with van der Waals surface area (Å²) < 4.78 is 30.7. The van der Waals surface area contributed by atoms with Crippen LogP contribution in [0.25, 0.3) is 11.1 Å². The number of ether oxygens (including phenoxy) is 1. The first kappa shape index (κ1) is 21.9. The van der Waals surface area contributed by atoms with Gasteiger partial charge < -0.3 is 20.3 Å². The predicted octanol–water partition coefficient (Wildman–Crippen LogP) is 4.56. The number of alkyl halides is 2. The Morgan fingerprint density at radius 3 is 1.97 bits per heavy atom. The van der Waals surface area contributed by atoms with Crippen LogP contribution in [0.3, 0.4) is 0 Å². The Hall–Kier alpha value is -3.29. The number of fused-ring (bicyclic) bond motifs is 3. The third-order valence-corrected chi connectivity index (χ3v) is 5.69. The highest BCUT2D eigenvalue weighted by molar-refractivity contribution is 5.79. The van der Waals surface area contributed by atoms with E-state index in [1.165, 1.54) is 24.3 Å². The first-order valence-electron chi connectivity index (χ1n) is 10.3. The lowest BCUT2D eigenvalue weighted by atomic mass is 9.98. The number of rotatable bonds is 7. The van der Waals surface area contributed by atoms with Gasteiger partial charge in [-0.2, -0.15) is 0 Å². The van der Waals surface area contributed by atoms with Crippen LogP contribution in [0.1, 0.15) is 40.7 Å². The minimum atomic E-state index is -2.61. The van der Waals surface area contributed by atoms with Gasteiger partial charge in [0.05, 0.1) is 0 Å². The maximum Gasteiger partial charge on any atom is 0.407 e. The van der Waals surface area contributed by atoms with E-state index in [2.05, 4.69) is 5.32 Å². The van der Waals surface area contributed by atoms with Crippen molar-refractivity contribution in [3.8, 4) is 11.1 Å². The summed E-state index contributed by atoms with van der Waals surface area (Å²) in [7, 11) is 0. The molecule has 3 N–H and O–H groups in total. The third kappa shape index (κ3) is 4.49. The molecule has 0 saturated heterocycles. The van der Waals surface area contributed by atoms with Crippen LogP contribution in [0.15, 0.2) is 72.8 Å². The third-order valence-electron chi connectivity index (χ3n) is 5.69. The molecule has 0 radical (unpaired) electrons. The fourth-order valence-electron chi connectivity index (χ4n) is 4.01. The van der Waals surface area contributed by atoms with Gasteiger partial charge in [-0.15, -0.1) is 0 Å². The summed E-state index contributed by atoms with van der Waals surface area (Å²) in [6, 6.07) is 21.0. The molecule has 0 spiro atoms. The molecular weight excluding hydrogens is 416 g/mol. The zero-order chi connectivity index (χ0) is 22.7. The van der Waals surface area contributed by atoms with Crippen LogP contribution in [0.5, 0.6) is 0 Å². The topological polar surface area (TPSA) is 78.8 Å². The van der Waals surface area contributed by atoms with Crippen LogP contribution in [-0.4, -0.2) is 35.6 Å². The van der Waals surface area contributed by atoms with Crippen molar-refractivity contribution in [1.29, 1.82) is 0 Å². The van der Waals surface area contributed by atoms with Crippen molar-refractivity contribution in [2.45, 2.75) is 24.6 Å². The lowest BCUT2D eigenvalue weighted by Gasteiger charge is -2.19. The van der Waals surface area contributed by atoms with Crippen LogP contribution in [-0.2, 0) is 4.74 Å². The second-order valence-corrected chi connectivity index (χ2v) is 7.69. The molecule has 2 unspecified atom stereocenters. The summed E-state index contributed by atoms with van der Waals surface area (Å²) in [4.78, 5) is 12.2. The van der Waals surface area contributed by atoms with E-state index < -0.39 is 24.7 Å².